The van der Waals surface area contributed by atoms with Gasteiger partial charge in [-0.05, 0) is 46.3 Å². The molecule has 4 N–H and O–H groups in total. The molecule has 0 heterocycles. The molecule has 0 saturated carbocycles. The Morgan fingerprint density at radius 2 is 2.05 bits per heavy atom. The van der Waals surface area contributed by atoms with Crippen molar-refractivity contribution in [2.24, 2.45) is 5.84 Å². The zero-order valence-electron chi connectivity index (χ0n) is 10.1. The van der Waals surface area contributed by atoms with Gasteiger partial charge in [0, 0.05) is 9.50 Å². The smallest absolute Gasteiger partial charge is 0.257 e. The van der Waals surface area contributed by atoms with Crippen LogP contribution in [0.3, 0.4) is 0 Å². The first kappa shape index (κ1) is 14.8. The van der Waals surface area contributed by atoms with E-state index >= 15 is 0 Å². The maximum Gasteiger partial charge on any atom is 0.257 e. The molecule has 0 aromatic heterocycles. The van der Waals surface area contributed by atoms with E-state index in [1.165, 1.54) is 18.2 Å². The lowest BCUT2D eigenvalue weighted by molar-refractivity contribution is 0.102. The summed E-state index contributed by atoms with van der Waals surface area (Å²) in [7, 11) is 0. The van der Waals surface area contributed by atoms with Crippen molar-refractivity contribution in [2.75, 3.05) is 10.7 Å². The lowest BCUT2D eigenvalue weighted by atomic mass is 10.1. The van der Waals surface area contributed by atoms with Crippen molar-refractivity contribution in [2.45, 2.75) is 0 Å². The van der Waals surface area contributed by atoms with E-state index < -0.39 is 11.7 Å². The number of para-hydroxylation sites is 1. The summed E-state index contributed by atoms with van der Waals surface area (Å²) in [6, 6.07) is 9.00. The molecule has 7 heteroatoms. The molecule has 0 unspecified atom stereocenters. The first-order valence-electron chi connectivity index (χ1n) is 5.54. The van der Waals surface area contributed by atoms with Gasteiger partial charge < -0.3 is 10.7 Å². The second-order valence-electron chi connectivity index (χ2n) is 3.89. The van der Waals surface area contributed by atoms with Crippen LogP contribution in [0.5, 0.6) is 0 Å². The van der Waals surface area contributed by atoms with E-state index in [0.717, 1.165) is 0 Å². The lowest BCUT2D eigenvalue weighted by Crippen LogP contribution is -2.18. The van der Waals surface area contributed by atoms with E-state index in [4.69, 9.17) is 17.4 Å². The van der Waals surface area contributed by atoms with Crippen molar-refractivity contribution >= 4 is 44.8 Å². The highest BCUT2D eigenvalue weighted by atomic mass is 79.9. The largest absolute Gasteiger partial charge is 0.323 e. The molecule has 2 aromatic rings. The van der Waals surface area contributed by atoms with Gasteiger partial charge in [-0.2, -0.15) is 0 Å². The average Bonchev–Trinajstić information content (AvgIpc) is 2.43. The summed E-state index contributed by atoms with van der Waals surface area (Å²) in [5.41, 5.74) is 3.06. The number of hydrazine groups is 1. The van der Waals surface area contributed by atoms with Crippen LogP contribution < -0.4 is 16.6 Å². The van der Waals surface area contributed by atoms with Crippen LogP contribution in [0, 0.1) is 5.82 Å². The number of amides is 1. The van der Waals surface area contributed by atoms with Gasteiger partial charge in [-0.1, -0.05) is 17.7 Å². The van der Waals surface area contributed by atoms with E-state index in [-0.39, 0.29) is 11.3 Å². The van der Waals surface area contributed by atoms with Gasteiger partial charge in [-0.25, -0.2) is 4.39 Å². The molecule has 0 bridgehead atoms. The predicted molar refractivity (Wildman–Crippen MR) is 81.3 cm³/mol. The third-order valence-electron chi connectivity index (χ3n) is 2.58. The van der Waals surface area contributed by atoms with Gasteiger partial charge in [0.2, 0.25) is 0 Å². The molecule has 0 radical (unpaired) electrons. The quantitative estimate of drug-likeness (QED) is 0.578. The van der Waals surface area contributed by atoms with Crippen molar-refractivity contribution in [3.8, 4) is 0 Å². The molecule has 2 aromatic carbocycles. The Balaban J connectivity index is 2.35. The number of carbonyl (C=O) groups is 1. The summed E-state index contributed by atoms with van der Waals surface area (Å²) in [5, 5.41) is 2.86. The standard InChI is InChI=1S/C13H10BrClFN3O/c14-9-2-1-3-10(16)12(9)18-13(20)8-6-7(15)4-5-11(8)19-17/h1-6,19H,17H2,(H,18,20). The van der Waals surface area contributed by atoms with Crippen molar-refractivity contribution in [1.82, 2.24) is 0 Å². The first-order valence-corrected chi connectivity index (χ1v) is 6.71. The van der Waals surface area contributed by atoms with Crippen LogP contribution in [0.25, 0.3) is 0 Å². The molecule has 2 rings (SSSR count). The number of halogens is 3. The molecule has 0 atom stereocenters. The van der Waals surface area contributed by atoms with Crippen LogP contribution in [0.4, 0.5) is 15.8 Å². The molecule has 1 amide bonds. The Hall–Kier alpha value is -1.63. The molecular formula is C13H10BrClFN3O. The molecule has 0 aliphatic carbocycles. The summed E-state index contributed by atoms with van der Waals surface area (Å²) < 4.78 is 14.1. The van der Waals surface area contributed by atoms with E-state index in [2.05, 4.69) is 26.7 Å². The van der Waals surface area contributed by atoms with Gasteiger partial charge in [0.15, 0.2) is 0 Å². The number of hydrogen-bond donors (Lipinski definition) is 3. The molecular weight excluding hydrogens is 349 g/mol. The number of hydrogen-bond acceptors (Lipinski definition) is 3. The minimum Gasteiger partial charge on any atom is -0.323 e. The fourth-order valence-electron chi connectivity index (χ4n) is 1.63. The summed E-state index contributed by atoms with van der Waals surface area (Å²) in [6.45, 7) is 0. The Kier molecular flexibility index (Phi) is 4.59. The Labute approximate surface area is 128 Å². The van der Waals surface area contributed by atoms with Gasteiger partial charge in [0.1, 0.15) is 5.82 Å². The maximum atomic E-state index is 13.7. The highest BCUT2D eigenvalue weighted by molar-refractivity contribution is 9.10. The second kappa shape index (κ2) is 6.21. The van der Waals surface area contributed by atoms with Gasteiger partial charge in [0.25, 0.3) is 5.91 Å². The van der Waals surface area contributed by atoms with Crippen molar-refractivity contribution < 1.29 is 9.18 Å². The summed E-state index contributed by atoms with van der Waals surface area (Å²) in [4.78, 5) is 12.2. The Morgan fingerprint density at radius 3 is 2.70 bits per heavy atom. The van der Waals surface area contributed by atoms with E-state index in [1.54, 1.807) is 18.2 Å². The van der Waals surface area contributed by atoms with Crippen LogP contribution in [-0.4, -0.2) is 5.91 Å². The molecule has 4 nitrogen and oxygen atoms in total. The lowest BCUT2D eigenvalue weighted by Gasteiger charge is -2.11. The number of nitrogens with two attached hydrogens (primary N) is 1. The van der Waals surface area contributed by atoms with E-state index in [9.17, 15) is 9.18 Å². The van der Waals surface area contributed by atoms with Gasteiger partial charge in [-0.3, -0.25) is 10.6 Å². The van der Waals surface area contributed by atoms with Crippen LogP contribution >= 0.6 is 27.5 Å². The average molecular weight is 359 g/mol. The fourth-order valence-corrected chi connectivity index (χ4v) is 2.24. The summed E-state index contributed by atoms with van der Waals surface area (Å²) in [6.07, 6.45) is 0. The molecule has 0 fully saturated rings. The zero-order valence-corrected chi connectivity index (χ0v) is 12.4. The topological polar surface area (TPSA) is 67.1 Å². The van der Waals surface area contributed by atoms with Gasteiger partial charge >= 0.3 is 0 Å². The fraction of sp³-hybridized carbons (Fsp3) is 0. The predicted octanol–water partition coefficient (Wildman–Crippen LogP) is 3.78. The van der Waals surface area contributed by atoms with Crippen molar-refractivity contribution in [1.29, 1.82) is 0 Å². The Bertz CT molecular complexity index is 646. The number of rotatable bonds is 3. The van der Waals surface area contributed by atoms with Gasteiger partial charge in [-0.15, -0.1) is 0 Å². The molecule has 0 spiro atoms. The minimum absolute atomic E-state index is 0.0560. The summed E-state index contributed by atoms with van der Waals surface area (Å²) >= 11 is 9.03. The van der Waals surface area contributed by atoms with E-state index in [1.807, 2.05) is 0 Å². The van der Waals surface area contributed by atoms with E-state index in [0.29, 0.717) is 15.2 Å². The normalized spacial score (nSPS) is 10.2. The molecule has 20 heavy (non-hydrogen) atoms. The van der Waals surface area contributed by atoms with Crippen LogP contribution in [0.2, 0.25) is 5.02 Å². The van der Waals surface area contributed by atoms with Crippen LogP contribution in [0.15, 0.2) is 40.9 Å². The van der Waals surface area contributed by atoms with Crippen LogP contribution in [0.1, 0.15) is 10.4 Å². The highest BCUT2D eigenvalue weighted by Gasteiger charge is 2.15. The van der Waals surface area contributed by atoms with Crippen LogP contribution in [-0.2, 0) is 0 Å². The summed E-state index contributed by atoms with van der Waals surface area (Å²) in [5.74, 6) is 4.27. The monoisotopic (exact) mass is 357 g/mol. The second-order valence-corrected chi connectivity index (χ2v) is 5.18. The molecule has 104 valence electrons. The maximum absolute atomic E-state index is 13.7. The molecule has 0 aliphatic heterocycles. The number of nitrogen functional groups attached to an aromatic ring is 1. The SMILES string of the molecule is NNc1ccc(Cl)cc1C(=O)Nc1c(F)cccc1Br. The van der Waals surface area contributed by atoms with Crippen molar-refractivity contribution in [3.63, 3.8) is 0 Å². The van der Waals surface area contributed by atoms with Crippen molar-refractivity contribution in [3.05, 3.63) is 57.3 Å². The molecule has 0 saturated heterocycles. The number of carbonyl (C=O) groups excluding carboxylic acids is 1. The zero-order chi connectivity index (χ0) is 14.7. The third kappa shape index (κ3) is 3.09. The third-order valence-corrected chi connectivity index (χ3v) is 3.48. The minimum atomic E-state index is -0.544. The number of nitrogens with one attached hydrogen (secondary N) is 2. The van der Waals surface area contributed by atoms with Gasteiger partial charge in [0.05, 0.1) is 16.9 Å². The Morgan fingerprint density at radius 1 is 1.30 bits per heavy atom. The number of benzene rings is 2. The first-order chi connectivity index (χ1) is 9.52. The number of anilines is 2. The highest BCUT2D eigenvalue weighted by Crippen LogP contribution is 2.27. The molecule has 0 aliphatic rings.